The molecule has 1 aliphatic rings. The number of rotatable bonds is 2. The Morgan fingerprint density at radius 1 is 1.47 bits per heavy atom. The van der Waals surface area contributed by atoms with E-state index in [0.29, 0.717) is 22.0 Å². The van der Waals surface area contributed by atoms with Crippen molar-refractivity contribution in [2.24, 2.45) is 0 Å². The number of halogens is 1. The molecule has 4 N–H and O–H groups in total. The van der Waals surface area contributed by atoms with Crippen LogP contribution in [0.2, 0.25) is 0 Å². The van der Waals surface area contributed by atoms with Crippen molar-refractivity contribution in [1.82, 2.24) is 10.3 Å². The third-order valence-electron chi connectivity index (χ3n) is 2.78. The number of urea groups is 1. The number of carbonyl (C=O) groups excluding carboxylic acids is 1. The van der Waals surface area contributed by atoms with Crippen molar-refractivity contribution >= 4 is 33.5 Å². The zero-order valence-corrected chi connectivity index (χ0v) is 11.0. The third kappa shape index (κ3) is 3.33. The number of amides is 2. The van der Waals surface area contributed by atoms with E-state index >= 15 is 0 Å². The van der Waals surface area contributed by atoms with Crippen molar-refractivity contribution in [3.8, 4) is 0 Å². The van der Waals surface area contributed by atoms with Crippen molar-refractivity contribution in [2.45, 2.75) is 31.7 Å². The van der Waals surface area contributed by atoms with E-state index in [1.165, 1.54) is 19.0 Å². The molecule has 5 nitrogen and oxygen atoms in total. The zero-order valence-electron chi connectivity index (χ0n) is 9.37. The molecule has 1 aliphatic carbocycles. The SMILES string of the molecule is Nc1cnc(NC(=O)NC2CCCC2)c(Br)c1. The summed E-state index contributed by atoms with van der Waals surface area (Å²) in [7, 11) is 0. The topological polar surface area (TPSA) is 80.0 Å². The lowest BCUT2D eigenvalue weighted by Gasteiger charge is -2.13. The molecule has 0 radical (unpaired) electrons. The summed E-state index contributed by atoms with van der Waals surface area (Å²) in [5, 5.41) is 5.63. The lowest BCUT2D eigenvalue weighted by Crippen LogP contribution is -2.36. The van der Waals surface area contributed by atoms with Gasteiger partial charge in [0.25, 0.3) is 0 Å². The summed E-state index contributed by atoms with van der Waals surface area (Å²) in [6, 6.07) is 1.79. The Morgan fingerprint density at radius 3 is 2.82 bits per heavy atom. The minimum atomic E-state index is -0.213. The van der Waals surface area contributed by atoms with Crippen LogP contribution in [-0.2, 0) is 0 Å². The van der Waals surface area contributed by atoms with Gasteiger partial charge in [0, 0.05) is 6.04 Å². The van der Waals surface area contributed by atoms with Crippen LogP contribution in [0.5, 0.6) is 0 Å². The summed E-state index contributed by atoms with van der Waals surface area (Å²) in [6.07, 6.45) is 6.01. The van der Waals surface area contributed by atoms with Crippen LogP contribution in [-0.4, -0.2) is 17.1 Å². The highest BCUT2D eigenvalue weighted by Gasteiger charge is 2.17. The number of aromatic nitrogens is 1. The molecule has 1 aromatic heterocycles. The van der Waals surface area contributed by atoms with E-state index < -0.39 is 0 Å². The van der Waals surface area contributed by atoms with Crippen LogP contribution < -0.4 is 16.4 Å². The maximum absolute atomic E-state index is 11.7. The standard InChI is InChI=1S/C11H15BrN4O/c12-9-5-7(13)6-14-10(9)16-11(17)15-8-3-1-2-4-8/h5-6,8H,1-4,13H2,(H2,14,15,16,17). The molecule has 1 saturated carbocycles. The summed E-state index contributed by atoms with van der Waals surface area (Å²) in [4.78, 5) is 15.7. The fourth-order valence-corrected chi connectivity index (χ4v) is 2.41. The number of pyridine rings is 1. The molecule has 2 rings (SSSR count). The first kappa shape index (κ1) is 12.2. The van der Waals surface area contributed by atoms with Gasteiger partial charge in [-0.3, -0.25) is 5.32 Å². The van der Waals surface area contributed by atoms with Gasteiger partial charge in [0.2, 0.25) is 0 Å². The third-order valence-corrected chi connectivity index (χ3v) is 3.39. The van der Waals surface area contributed by atoms with Crippen LogP contribution in [0.4, 0.5) is 16.3 Å². The van der Waals surface area contributed by atoms with E-state index in [4.69, 9.17) is 5.73 Å². The van der Waals surface area contributed by atoms with Gasteiger partial charge in [0.05, 0.1) is 16.4 Å². The van der Waals surface area contributed by atoms with Gasteiger partial charge in [-0.2, -0.15) is 0 Å². The van der Waals surface area contributed by atoms with Crippen molar-refractivity contribution in [3.05, 3.63) is 16.7 Å². The molecule has 0 saturated heterocycles. The molecule has 0 unspecified atom stereocenters. The smallest absolute Gasteiger partial charge is 0.320 e. The van der Waals surface area contributed by atoms with Crippen LogP contribution in [0.3, 0.4) is 0 Å². The Morgan fingerprint density at radius 2 is 2.18 bits per heavy atom. The van der Waals surface area contributed by atoms with Gasteiger partial charge < -0.3 is 11.1 Å². The molecule has 0 aromatic carbocycles. The fourth-order valence-electron chi connectivity index (χ4n) is 1.94. The number of nitrogen functional groups attached to an aromatic ring is 1. The number of hydrogen-bond donors (Lipinski definition) is 3. The number of hydrogen-bond acceptors (Lipinski definition) is 3. The predicted octanol–water partition coefficient (Wildman–Crippen LogP) is 2.49. The summed E-state index contributed by atoms with van der Waals surface area (Å²) < 4.78 is 0.680. The van der Waals surface area contributed by atoms with E-state index in [1.54, 1.807) is 6.07 Å². The highest BCUT2D eigenvalue weighted by atomic mass is 79.9. The van der Waals surface area contributed by atoms with E-state index in [1.807, 2.05) is 0 Å². The second-order valence-corrected chi connectivity index (χ2v) is 5.03. The summed E-state index contributed by atoms with van der Waals surface area (Å²) >= 11 is 3.30. The first-order chi connectivity index (χ1) is 8.15. The zero-order chi connectivity index (χ0) is 12.3. The highest BCUT2D eigenvalue weighted by Crippen LogP contribution is 2.22. The second kappa shape index (κ2) is 5.35. The Bertz CT molecular complexity index is 418. The molecule has 1 fully saturated rings. The van der Waals surface area contributed by atoms with Crippen molar-refractivity contribution in [3.63, 3.8) is 0 Å². The van der Waals surface area contributed by atoms with Gasteiger partial charge in [0.1, 0.15) is 5.82 Å². The number of nitrogens with one attached hydrogen (secondary N) is 2. The Hall–Kier alpha value is -1.30. The van der Waals surface area contributed by atoms with Crippen molar-refractivity contribution < 1.29 is 4.79 Å². The fraction of sp³-hybridized carbons (Fsp3) is 0.455. The molecule has 0 aliphatic heterocycles. The van der Waals surface area contributed by atoms with E-state index in [9.17, 15) is 4.79 Å². The molecule has 2 amide bonds. The summed E-state index contributed by atoms with van der Waals surface area (Å²) in [5.41, 5.74) is 6.12. The molecule has 17 heavy (non-hydrogen) atoms. The minimum Gasteiger partial charge on any atom is -0.397 e. The number of nitrogens with zero attached hydrogens (tertiary/aromatic N) is 1. The van der Waals surface area contributed by atoms with Gasteiger partial charge in [-0.15, -0.1) is 0 Å². The maximum atomic E-state index is 11.7. The molecule has 1 aromatic rings. The lowest BCUT2D eigenvalue weighted by atomic mass is 10.2. The van der Waals surface area contributed by atoms with Crippen molar-refractivity contribution in [1.29, 1.82) is 0 Å². The van der Waals surface area contributed by atoms with Crippen LogP contribution in [0.1, 0.15) is 25.7 Å². The summed E-state index contributed by atoms with van der Waals surface area (Å²) in [6.45, 7) is 0. The average Bonchev–Trinajstić information content (AvgIpc) is 2.75. The molecule has 0 bridgehead atoms. The van der Waals surface area contributed by atoms with Gasteiger partial charge >= 0.3 is 6.03 Å². The number of nitrogens with two attached hydrogens (primary N) is 1. The van der Waals surface area contributed by atoms with Crippen LogP contribution in [0.15, 0.2) is 16.7 Å². The van der Waals surface area contributed by atoms with Gasteiger partial charge in [-0.1, -0.05) is 12.8 Å². The molecule has 0 spiro atoms. The van der Waals surface area contributed by atoms with Crippen LogP contribution in [0.25, 0.3) is 0 Å². The Labute approximate surface area is 108 Å². The monoisotopic (exact) mass is 298 g/mol. The maximum Gasteiger partial charge on any atom is 0.320 e. The van der Waals surface area contributed by atoms with E-state index in [-0.39, 0.29) is 6.03 Å². The molecule has 0 atom stereocenters. The molecule has 6 heteroatoms. The van der Waals surface area contributed by atoms with Gasteiger partial charge in [0.15, 0.2) is 0 Å². The van der Waals surface area contributed by atoms with Crippen molar-refractivity contribution in [2.75, 3.05) is 11.1 Å². The Balaban J connectivity index is 1.93. The first-order valence-electron chi connectivity index (χ1n) is 5.63. The summed E-state index contributed by atoms with van der Waals surface area (Å²) in [5.74, 6) is 0.481. The molecule has 92 valence electrons. The number of anilines is 2. The lowest BCUT2D eigenvalue weighted by molar-refractivity contribution is 0.248. The van der Waals surface area contributed by atoms with Crippen LogP contribution in [0, 0.1) is 0 Å². The highest BCUT2D eigenvalue weighted by molar-refractivity contribution is 9.10. The first-order valence-corrected chi connectivity index (χ1v) is 6.43. The largest absolute Gasteiger partial charge is 0.397 e. The van der Waals surface area contributed by atoms with Gasteiger partial charge in [-0.05, 0) is 34.8 Å². The average molecular weight is 299 g/mol. The minimum absolute atomic E-state index is 0.213. The quantitative estimate of drug-likeness (QED) is 0.785. The van der Waals surface area contributed by atoms with E-state index in [0.717, 1.165) is 12.8 Å². The molecular weight excluding hydrogens is 284 g/mol. The normalized spacial score (nSPS) is 15.8. The predicted molar refractivity (Wildman–Crippen MR) is 70.8 cm³/mol. The van der Waals surface area contributed by atoms with Gasteiger partial charge in [-0.25, -0.2) is 9.78 Å². The van der Waals surface area contributed by atoms with Crippen LogP contribution >= 0.6 is 15.9 Å². The van der Waals surface area contributed by atoms with E-state index in [2.05, 4.69) is 31.5 Å². The Kier molecular flexibility index (Phi) is 3.83. The molecular formula is C11H15BrN4O. The number of carbonyl (C=O) groups is 1. The molecule has 1 heterocycles. The second-order valence-electron chi connectivity index (χ2n) is 4.18.